The molecule has 1 aliphatic heterocycles. The molecule has 5 rings (SSSR count). The van der Waals surface area contributed by atoms with Gasteiger partial charge in [-0.25, -0.2) is 14.8 Å². The van der Waals surface area contributed by atoms with Crippen LogP contribution in [0.25, 0.3) is 20.4 Å². The number of nitrogens with zero attached hydrogens (tertiary/aromatic N) is 3. The summed E-state index contributed by atoms with van der Waals surface area (Å²) in [6.45, 7) is 4.61. The Balaban J connectivity index is 1.43. The molecule has 0 aliphatic carbocycles. The number of urea groups is 1. The summed E-state index contributed by atoms with van der Waals surface area (Å²) in [5.41, 5.74) is 4.02. The molecule has 2 amide bonds. The number of anilines is 1. The Labute approximate surface area is 185 Å². The van der Waals surface area contributed by atoms with Crippen molar-refractivity contribution in [2.24, 2.45) is 0 Å². The van der Waals surface area contributed by atoms with Crippen LogP contribution in [0, 0.1) is 6.92 Å². The van der Waals surface area contributed by atoms with Gasteiger partial charge in [-0.3, -0.25) is 5.32 Å². The lowest BCUT2D eigenvalue weighted by Crippen LogP contribution is -2.41. The van der Waals surface area contributed by atoms with Gasteiger partial charge in [0.25, 0.3) is 0 Å². The van der Waals surface area contributed by atoms with Crippen molar-refractivity contribution in [1.82, 2.24) is 14.9 Å². The second-order valence-electron chi connectivity index (χ2n) is 7.03. The molecule has 5 nitrogen and oxygen atoms in total. The van der Waals surface area contributed by atoms with Gasteiger partial charge in [-0.05, 0) is 55.7 Å². The molecule has 29 heavy (non-hydrogen) atoms. The molecule has 148 valence electrons. The Morgan fingerprint density at radius 3 is 2.62 bits per heavy atom. The SMILES string of the molecule is Cc1nc2ccc3nc(NC(=O)N4CCc5cc(Cl)c(Cl)cc5C4C)sc3c2s1. The molecule has 2 aromatic heterocycles. The molecule has 0 radical (unpaired) electrons. The average molecular weight is 463 g/mol. The minimum atomic E-state index is -0.162. The van der Waals surface area contributed by atoms with E-state index in [2.05, 4.69) is 15.3 Å². The first-order valence-corrected chi connectivity index (χ1v) is 11.5. The van der Waals surface area contributed by atoms with Crippen molar-refractivity contribution in [3.63, 3.8) is 0 Å². The van der Waals surface area contributed by atoms with Gasteiger partial charge < -0.3 is 4.90 Å². The smallest absolute Gasteiger partial charge is 0.317 e. The van der Waals surface area contributed by atoms with E-state index >= 15 is 0 Å². The maximum Gasteiger partial charge on any atom is 0.324 e. The van der Waals surface area contributed by atoms with Crippen LogP contribution in [0.15, 0.2) is 24.3 Å². The monoisotopic (exact) mass is 462 g/mol. The van der Waals surface area contributed by atoms with Gasteiger partial charge >= 0.3 is 6.03 Å². The lowest BCUT2D eigenvalue weighted by molar-refractivity contribution is 0.188. The molecule has 0 fully saturated rings. The second kappa shape index (κ2) is 7.09. The Bertz CT molecular complexity index is 1280. The Hall–Kier alpha value is -1.93. The lowest BCUT2D eigenvalue weighted by atomic mass is 9.94. The zero-order valence-corrected chi connectivity index (χ0v) is 18.8. The van der Waals surface area contributed by atoms with Gasteiger partial charge in [0.15, 0.2) is 5.13 Å². The zero-order valence-electron chi connectivity index (χ0n) is 15.6. The number of amides is 2. The maximum absolute atomic E-state index is 13.0. The normalized spacial score (nSPS) is 16.4. The molecule has 0 saturated heterocycles. The van der Waals surface area contributed by atoms with Crippen LogP contribution < -0.4 is 5.32 Å². The number of benzene rings is 2. The quantitative estimate of drug-likeness (QED) is 0.343. The van der Waals surface area contributed by atoms with E-state index in [4.69, 9.17) is 23.2 Å². The molecule has 0 spiro atoms. The fourth-order valence-electron chi connectivity index (χ4n) is 3.79. The molecule has 3 heterocycles. The van der Waals surface area contributed by atoms with E-state index in [0.717, 1.165) is 43.0 Å². The summed E-state index contributed by atoms with van der Waals surface area (Å²) in [5.74, 6) is 0. The number of fused-ring (bicyclic) bond motifs is 4. The molecule has 9 heteroatoms. The summed E-state index contributed by atoms with van der Waals surface area (Å²) in [5, 5.41) is 5.65. The highest BCUT2D eigenvalue weighted by Crippen LogP contribution is 2.37. The van der Waals surface area contributed by atoms with E-state index in [-0.39, 0.29) is 12.1 Å². The first kappa shape index (κ1) is 19.1. The van der Waals surface area contributed by atoms with Gasteiger partial charge in [-0.1, -0.05) is 34.5 Å². The van der Waals surface area contributed by atoms with Crippen LogP contribution in [0.5, 0.6) is 0 Å². The highest BCUT2D eigenvalue weighted by molar-refractivity contribution is 7.28. The van der Waals surface area contributed by atoms with Gasteiger partial charge in [0.2, 0.25) is 0 Å². The van der Waals surface area contributed by atoms with Crippen molar-refractivity contribution in [3.05, 3.63) is 50.4 Å². The molecule has 0 bridgehead atoms. The molecule has 1 atom stereocenters. The van der Waals surface area contributed by atoms with Crippen molar-refractivity contribution in [2.75, 3.05) is 11.9 Å². The van der Waals surface area contributed by atoms with Gasteiger partial charge in [-0.15, -0.1) is 11.3 Å². The minimum absolute atomic E-state index is 0.0984. The number of carbonyl (C=O) groups excluding carboxylic acids is 1. The second-order valence-corrected chi connectivity index (χ2v) is 10.0. The van der Waals surface area contributed by atoms with Crippen LogP contribution in [0.2, 0.25) is 10.0 Å². The van der Waals surface area contributed by atoms with E-state index in [1.54, 1.807) is 11.3 Å². The number of halogens is 2. The van der Waals surface area contributed by atoms with Gasteiger partial charge in [0.1, 0.15) is 0 Å². The fraction of sp³-hybridized carbons (Fsp3) is 0.250. The third-order valence-electron chi connectivity index (χ3n) is 5.22. The Kier molecular flexibility index (Phi) is 4.66. The van der Waals surface area contributed by atoms with Crippen LogP contribution in [0.4, 0.5) is 9.93 Å². The standard InChI is InChI=1S/C20H16Cl2N4OS2/c1-9-12-8-14(22)13(21)7-11(12)5-6-26(9)20(27)25-19-24-16-4-3-15-17(18(16)29-19)28-10(2)23-15/h3-4,7-9H,5-6H2,1-2H3,(H,24,25,27). The fourth-order valence-corrected chi connectivity index (χ4v) is 6.14. The van der Waals surface area contributed by atoms with Gasteiger partial charge in [0, 0.05) is 6.54 Å². The van der Waals surface area contributed by atoms with Crippen LogP contribution >= 0.6 is 45.9 Å². The number of hydrogen-bond acceptors (Lipinski definition) is 5. The van der Waals surface area contributed by atoms with Gasteiger partial charge in [0.05, 0.1) is 41.5 Å². The Morgan fingerprint density at radius 2 is 1.83 bits per heavy atom. The maximum atomic E-state index is 13.0. The number of hydrogen-bond donors (Lipinski definition) is 1. The van der Waals surface area contributed by atoms with E-state index < -0.39 is 0 Å². The predicted octanol–water partition coefficient (Wildman–Crippen LogP) is 6.67. The van der Waals surface area contributed by atoms with E-state index in [0.29, 0.717) is 21.7 Å². The predicted molar refractivity (Wildman–Crippen MR) is 122 cm³/mol. The third kappa shape index (κ3) is 3.26. The molecule has 2 aromatic carbocycles. The molecule has 1 aliphatic rings. The summed E-state index contributed by atoms with van der Waals surface area (Å²) in [6.07, 6.45) is 0.741. The van der Waals surface area contributed by atoms with Crippen LogP contribution in [-0.2, 0) is 6.42 Å². The number of carbonyl (C=O) groups is 1. The van der Waals surface area contributed by atoms with Crippen molar-refractivity contribution < 1.29 is 4.79 Å². The molecule has 1 N–H and O–H groups in total. The number of aromatic nitrogens is 2. The average Bonchev–Trinajstić information content (AvgIpc) is 3.25. The summed E-state index contributed by atoms with van der Waals surface area (Å²) in [7, 11) is 0. The zero-order chi connectivity index (χ0) is 20.3. The van der Waals surface area contributed by atoms with Crippen LogP contribution in [0.3, 0.4) is 0 Å². The van der Waals surface area contributed by atoms with E-state index in [9.17, 15) is 4.79 Å². The van der Waals surface area contributed by atoms with Crippen molar-refractivity contribution >= 4 is 77.5 Å². The highest BCUT2D eigenvalue weighted by Gasteiger charge is 2.29. The lowest BCUT2D eigenvalue weighted by Gasteiger charge is -2.35. The van der Waals surface area contributed by atoms with Crippen molar-refractivity contribution in [3.8, 4) is 0 Å². The summed E-state index contributed by atoms with van der Waals surface area (Å²) >= 11 is 15.5. The first-order valence-electron chi connectivity index (χ1n) is 9.13. The Morgan fingerprint density at radius 1 is 1.14 bits per heavy atom. The van der Waals surface area contributed by atoms with Gasteiger partial charge in [-0.2, -0.15) is 0 Å². The number of nitrogens with one attached hydrogen (secondary N) is 1. The molecule has 1 unspecified atom stereocenters. The highest BCUT2D eigenvalue weighted by atomic mass is 35.5. The molecular weight excluding hydrogens is 447 g/mol. The largest absolute Gasteiger partial charge is 0.324 e. The minimum Gasteiger partial charge on any atom is -0.317 e. The summed E-state index contributed by atoms with van der Waals surface area (Å²) in [6, 6.07) is 7.44. The van der Waals surface area contributed by atoms with Crippen molar-refractivity contribution in [1.29, 1.82) is 0 Å². The molecular formula is C20H16Cl2N4OS2. The third-order valence-corrected chi connectivity index (χ3v) is 8.08. The first-order chi connectivity index (χ1) is 13.9. The van der Waals surface area contributed by atoms with Crippen molar-refractivity contribution in [2.45, 2.75) is 26.3 Å². The number of aryl methyl sites for hydroxylation is 1. The number of rotatable bonds is 1. The molecule has 4 aromatic rings. The van der Waals surface area contributed by atoms with E-state index in [1.807, 2.05) is 43.0 Å². The molecule has 0 saturated carbocycles. The van der Waals surface area contributed by atoms with Crippen LogP contribution in [-0.4, -0.2) is 27.4 Å². The topological polar surface area (TPSA) is 58.1 Å². The summed E-state index contributed by atoms with van der Waals surface area (Å²) < 4.78 is 2.17. The van der Waals surface area contributed by atoms with E-state index in [1.165, 1.54) is 11.3 Å². The summed E-state index contributed by atoms with van der Waals surface area (Å²) in [4.78, 5) is 23.9. The van der Waals surface area contributed by atoms with Crippen LogP contribution in [0.1, 0.15) is 29.1 Å². The number of thiazole rings is 2.